The van der Waals surface area contributed by atoms with Gasteiger partial charge in [0.2, 0.25) is 0 Å². The van der Waals surface area contributed by atoms with Gasteiger partial charge in [-0.1, -0.05) is 88.1 Å². The predicted octanol–water partition coefficient (Wildman–Crippen LogP) is 3.90. The zero-order valence-corrected chi connectivity index (χ0v) is 26.9. The van der Waals surface area contributed by atoms with E-state index in [0.29, 0.717) is 0 Å². The molecule has 9 nitrogen and oxygen atoms in total. The minimum Gasteiger partial charge on any atom is -0.494 e. The Morgan fingerprint density at radius 3 is 1.45 bits per heavy atom. The summed E-state index contributed by atoms with van der Waals surface area (Å²) in [6.07, 6.45) is 12.1. The molecule has 0 aliphatic carbocycles. The number of ether oxygens (including phenoxy) is 2. The molecular formula is C34H55BN2O7. The smallest absolute Gasteiger partial charge is 0.374 e. The van der Waals surface area contributed by atoms with Crippen LogP contribution in [-0.2, 0) is 0 Å². The molecule has 0 amide bonds. The molecule has 2 rings (SSSR count). The van der Waals surface area contributed by atoms with E-state index in [4.69, 9.17) is 14.6 Å². The summed E-state index contributed by atoms with van der Waals surface area (Å²) in [4.78, 5) is 0. The van der Waals surface area contributed by atoms with Crippen molar-refractivity contribution in [3.8, 4) is 11.5 Å². The number of hydrogen-bond donors (Lipinski definition) is 7. The van der Waals surface area contributed by atoms with E-state index < -0.39 is 25.3 Å². The SMILES string of the molecule is CCCCCOc1ccc(/C=C/[C@H](O)C(CO)NB(C)O)cc1.CCCCCOc1ccc(/C=C/[C@H](O)[C@@H](CO)NC)cc1. The Hall–Kier alpha value is -2.70. The summed E-state index contributed by atoms with van der Waals surface area (Å²) in [5, 5.41) is 52.9. The van der Waals surface area contributed by atoms with E-state index in [1.54, 1.807) is 32.1 Å². The molecule has 0 aliphatic heterocycles. The van der Waals surface area contributed by atoms with Gasteiger partial charge in [0.15, 0.2) is 0 Å². The highest BCUT2D eigenvalue weighted by molar-refractivity contribution is 6.45. The molecule has 2 aromatic rings. The second-order valence-corrected chi connectivity index (χ2v) is 10.7. The molecule has 246 valence electrons. The molecule has 2 aromatic carbocycles. The van der Waals surface area contributed by atoms with E-state index in [0.717, 1.165) is 48.7 Å². The Bertz CT molecular complexity index is 1020. The van der Waals surface area contributed by atoms with Crippen molar-refractivity contribution in [2.24, 2.45) is 0 Å². The van der Waals surface area contributed by atoms with Crippen molar-refractivity contribution in [3.63, 3.8) is 0 Å². The number of nitrogens with one attached hydrogen (secondary N) is 2. The molecule has 0 saturated carbocycles. The lowest BCUT2D eigenvalue weighted by molar-refractivity contribution is 0.128. The molecule has 4 atom stereocenters. The molecule has 0 saturated heterocycles. The van der Waals surface area contributed by atoms with Gasteiger partial charge < -0.3 is 45.5 Å². The average molecular weight is 615 g/mol. The van der Waals surface area contributed by atoms with E-state index in [-0.39, 0.29) is 19.3 Å². The molecule has 0 bridgehead atoms. The monoisotopic (exact) mass is 614 g/mol. The number of rotatable bonds is 21. The van der Waals surface area contributed by atoms with Gasteiger partial charge in [0, 0.05) is 0 Å². The maximum atomic E-state index is 10.00. The van der Waals surface area contributed by atoms with Crippen LogP contribution < -0.4 is 20.0 Å². The van der Waals surface area contributed by atoms with Gasteiger partial charge in [-0.15, -0.1) is 0 Å². The highest BCUT2D eigenvalue weighted by atomic mass is 16.5. The average Bonchev–Trinajstić information content (AvgIpc) is 3.03. The fourth-order valence-electron chi connectivity index (χ4n) is 4.06. The lowest BCUT2D eigenvalue weighted by Gasteiger charge is -2.20. The van der Waals surface area contributed by atoms with Crippen molar-refractivity contribution in [1.82, 2.24) is 10.5 Å². The summed E-state index contributed by atoms with van der Waals surface area (Å²) in [5.41, 5.74) is 1.92. The van der Waals surface area contributed by atoms with E-state index in [9.17, 15) is 20.3 Å². The molecular weight excluding hydrogens is 559 g/mol. The van der Waals surface area contributed by atoms with Gasteiger partial charge in [-0.2, -0.15) is 0 Å². The van der Waals surface area contributed by atoms with Crippen LogP contribution in [0, 0.1) is 0 Å². The van der Waals surface area contributed by atoms with E-state index >= 15 is 0 Å². The topological polar surface area (TPSA) is 144 Å². The number of aliphatic hydroxyl groups excluding tert-OH is 4. The quantitative estimate of drug-likeness (QED) is 0.0823. The normalized spacial score (nSPS) is 14.1. The predicted molar refractivity (Wildman–Crippen MR) is 181 cm³/mol. The maximum Gasteiger partial charge on any atom is 0.374 e. The van der Waals surface area contributed by atoms with E-state index in [1.165, 1.54) is 25.7 Å². The lowest BCUT2D eigenvalue weighted by Crippen LogP contribution is -2.48. The largest absolute Gasteiger partial charge is 0.494 e. The van der Waals surface area contributed by atoms with Crippen LogP contribution in [0.1, 0.15) is 63.5 Å². The second kappa shape index (κ2) is 24.6. The molecule has 44 heavy (non-hydrogen) atoms. The third-order valence-electron chi connectivity index (χ3n) is 6.81. The zero-order valence-electron chi connectivity index (χ0n) is 26.9. The molecule has 1 unspecified atom stereocenters. The minimum absolute atomic E-state index is 0.105. The van der Waals surface area contributed by atoms with Crippen LogP contribution in [0.4, 0.5) is 0 Å². The first kappa shape index (κ1) is 39.3. The van der Waals surface area contributed by atoms with Crippen LogP contribution in [0.15, 0.2) is 60.7 Å². The lowest BCUT2D eigenvalue weighted by atomic mass is 9.86. The van der Waals surface area contributed by atoms with Crippen molar-refractivity contribution >= 4 is 19.2 Å². The van der Waals surface area contributed by atoms with Crippen LogP contribution in [-0.4, -0.2) is 90.3 Å². The number of likely N-dealkylation sites (N-methyl/N-ethyl adjacent to an activating group) is 1. The summed E-state index contributed by atoms with van der Waals surface area (Å²) < 4.78 is 11.3. The van der Waals surface area contributed by atoms with Crippen LogP contribution in [0.5, 0.6) is 11.5 Å². The minimum atomic E-state index is -0.889. The molecule has 0 spiro atoms. The number of hydrogen-bond acceptors (Lipinski definition) is 9. The van der Waals surface area contributed by atoms with E-state index in [1.807, 2.05) is 54.6 Å². The number of aliphatic hydroxyl groups is 4. The van der Waals surface area contributed by atoms with Crippen LogP contribution in [0.2, 0.25) is 6.82 Å². The Morgan fingerprint density at radius 2 is 1.11 bits per heavy atom. The summed E-state index contributed by atoms with van der Waals surface area (Å²) >= 11 is 0. The maximum absolute atomic E-state index is 10.00. The van der Waals surface area contributed by atoms with Crippen molar-refractivity contribution in [2.45, 2.75) is 83.5 Å². The summed E-state index contributed by atoms with van der Waals surface area (Å²) in [6.45, 7) is 6.98. The highest BCUT2D eigenvalue weighted by Gasteiger charge is 2.18. The van der Waals surface area contributed by atoms with E-state index in [2.05, 4.69) is 24.4 Å². The fraction of sp³-hybridized carbons (Fsp3) is 0.529. The van der Waals surface area contributed by atoms with Gasteiger partial charge in [0.1, 0.15) is 11.5 Å². The third-order valence-corrected chi connectivity index (χ3v) is 6.81. The first-order chi connectivity index (χ1) is 21.3. The third kappa shape index (κ3) is 17.6. The Kier molecular flexibility index (Phi) is 22.0. The first-order valence-corrected chi connectivity index (χ1v) is 15.8. The molecule has 0 radical (unpaired) electrons. The van der Waals surface area contributed by atoms with Crippen molar-refractivity contribution < 1.29 is 34.9 Å². The summed E-state index contributed by atoms with van der Waals surface area (Å²) in [5.74, 6) is 1.70. The Labute approximate surface area is 264 Å². The zero-order chi connectivity index (χ0) is 32.6. The van der Waals surface area contributed by atoms with Crippen molar-refractivity contribution in [3.05, 3.63) is 71.8 Å². The number of unbranched alkanes of at least 4 members (excludes halogenated alkanes) is 4. The first-order valence-electron chi connectivity index (χ1n) is 15.8. The molecule has 10 heteroatoms. The fourth-order valence-corrected chi connectivity index (χ4v) is 4.06. The molecule has 0 aromatic heterocycles. The standard InChI is InChI=1S/C17H28BNO4.C17H27NO3/c1-3-4-5-12-23-15-9-6-14(7-10-15)8-11-17(21)16(13-20)19-18(2)22;1-3-4-5-12-21-15-9-6-14(7-10-15)8-11-17(20)16(13-19)18-2/h6-11,16-17,19-22H,3-5,12-13H2,1-2H3;6-11,16-20H,3-5,12-13H2,1-2H3/b2*11-8+/t16?,17-;16-,17+/m01/s1. The van der Waals surface area contributed by atoms with Gasteiger partial charge >= 0.3 is 7.05 Å². The van der Waals surface area contributed by atoms with Crippen LogP contribution in [0.3, 0.4) is 0 Å². The Balaban J connectivity index is 0.000000442. The van der Waals surface area contributed by atoms with Gasteiger partial charge in [-0.25, -0.2) is 0 Å². The van der Waals surface area contributed by atoms with Gasteiger partial charge in [-0.05, 0) is 62.1 Å². The van der Waals surface area contributed by atoms with Gasteiger partial charge in [0.05, 0.1) is 50.7 Å². The Morgan fingerprint density at radius 1 is 0.705 bits per heavy atom. The van der Waals surface area contributed by atoms with Crippen molar-refractivity contribution in [2.75, 3.05) is 33.5 Å². The van der Waals surface area contributed by atoms with Gasteiger partial charge in [0.25, 0.3) is 0 Å². The van der Waals surface area contributed by atoms with Crippen LogP contribution in [0.25, 0.3) is 12.2 Å². The van der Waals surface area contributed by atoms with Gasteiger partial charge in [-0.3, -0.25) is 0 Å². The second-order valence-electron chi connectivity index (χ2n) is 10.7. The van der Waals surface area contributed by atoms with Crippen molar-refractivity contribution in [1.29, 1.82) is 0 Å². The summed E-state index contributed by atoms with van der Waals surface area (Å²) in [6, 6.07) is 14.4. The molecule has 7 N–H and O–H groups in total. The molecule has 0 aliphatic rings. The van der Waals surface area contributed by atoms with Crippen LogP contribution >= 0.6 is 0 Å². The highest BCUT2D eigenvalue weighted by Crippen LogP contribution is 2.15. The molecule has 0 fully saturated rings. The summed E-state index contributed by atoms with van der Waals surface area (Å²) in [7, 11) is 0.919. The number of benzene rings is 2. The molecule has 0 heterocycles.